The van der Waals surface area contributed by atoms with Crippen LogP contribution in [0.3, 0.4) is 0 Å². The number of rotatable bonds is 13. The van der Waals surface area contributed by atoms with Crippen LogP contribution in [0.4, 0.5) is 5.69 Å². The van der Waals surface area contributed by atoms with Crippen LogP contribution in [-0.2, 0) is 32.6 Å². The maximum atomic E-state index is 14.7. The third kappa shape index (κ3) is 8.74. The first-order chi connectivity index (χ1) is 22.7. The molecule has 1 atom stereocenters. The van der Waals surface area contributed by atoms with Gasteiger partial charge in [-0.1, -0.05) is 101 Å². The summed E-state index contributed by atoms with van der Waals surface area (Å²) >= 11 is 9.83. The molecule has 8 nitrogen and oxygen atoms in total. The lowest BCUT2D eigenvalue weighted by atomic mass is 10.0. The Balaban J connectivity index is 1.59. The van der Waals surface area contributed by atoms with Gasteiger partial charge in [0, 0.05) is 28.5 Å². The maximum Gasteiger partial charge on any atom is 0.264 e. The molecule has 1 saturated carbocycles. The predicted molar refractivity (Wildman–Crippen MR) is 188 cm³/mol. The van der Waals surface area contributed by atoms with Crippen molar-refractivity contribution in [2.45, 2.75) is 55.6 Å². The van der Waals surface area contributed by atoms with Crippen LogP contribution in [-0.4, -0.2) is 50.9 Å². The van der Waals surface area contributed by atoms with Crippen LogP contribution < -0.4 is 14.4 Å². The summed E-state index contributed by atoms with van der Waals surface area (Å²) < 4.78 is 35.9. The van der Waals surface area contributed by atoms with Crippen molar-refractivity contribution in [3.8, 4) is 5.75 Å². The third-order valence-electron chi connectivity index (χ3n) is 8.26. The number of sulfonamides is 1. The number of benzene rings is 4. The second kappa shape index (κ2) is 15.8. The zero-order chi connectivity index (χ0) is 33.4. The zero-order valence-electron chi connectivity index (χ0n) is 26.0. The molecule has 0 bridgehead atoms. The molecule has 1 unspecified atom stereocenters. The first-order valence-corrected chi connectivity index (χ1v) is 18.1. The van der Waals surface area contributed by atoms with Crippen molar-refractivity contribution in [2.24, 2.45) is 0 Å². The van der Waals surface area contributed by atoms with Crippen LogP contribution in [0.2, 0.25) is 5.02 Å². The van der Waals surface area contributed by atoms with E-state index in [-0.39, 0.29) is 46.3 Å². The van der Waals surface area contributed by atoms with E-state index in [2.05, 4.69) is 21.2 Å². The fourth-order valence-electron chi connectivity index (χ4n) is 5.80. The topological polar surface area (TPSA) is 96.0 Å². The molecular weight excluding hydrogens is 702 g/mol. The van der Waals surface area contributed by atoms with Crippen LogP contribution in [0.5, 0.6) is 5.75 Å². The number of halogens is 2. The first-order valence-electron chi connectivity index (χ1n) is 15.5. The lowest BCUT2D eigenvalue weighted by Crippen LogP contribution is -2.54. The van der Waals surface area contributed by atoms with Gasteiger partial charge in [0.2, 0.25) is 11.8 Å². The molecular formula is C36H37BrClN3O5S. The zero-order valence-corrected chi connectivity index (χ0v) is 29.2. The average molecular weight is 739 g/mol. The summed E-state index contributed by atoms with van der Waals surface area (Å²) in [6, 6.07) is 28.6. The van der Waals surface area contributed by atoms with Crippen LogP contribution in [0, 0.1) is 0 Å². The van der Waals surface area contributed by atoms with Crippen molar-refractivity contribution in [2.75, 3.05) is 18.0 Å². The average Bonchev–Trinajstić information content (AvgIpc) is 3.59. The number of nitrogens with one attached hydrogen (secondary N) is 1. The molecule has 246 valence electrons. The van der Waals surface area contributed by atoms with Crippen LogP contribution in [0.1, 0.15) is 36.8 Å². The molecule has 1 N–H and O–H groups in total. The third-order valence-corrected chi connectivity index (χ3v) is 10.8. The van der Waals surface area contributed by atoms with Gasteiger partial charge >= 0.3 is 0 Å². The van der Waals surface area contributed by atoms with E-state index in [0.717, 1.165) is 45.6 Å². The molecule has 4 aromatic carbocycles. The summed E-state index contributed by atoms with van der Waals surface area (Å²) in [6.45, 7) is -0.528. The Morgan fingerprint density at radius 3 is 2.19 bits per heavy atom. The van der Waals surface area contributed by atoms with Gasteiger partial charge < -0.3 is 15.0 Å². The largest absolute Gasteiger partial charge is 0.495 e. The predicted octanol–water partition coefficient (Wildman–Crippen LogP) is 7.01. The number of nitrogens with zero attached hydrogens (tertiary/aromatic N) is 2. The van der Waals surface area contributed by atoms with Crippen molar-refractivity contribution in [3.05, 3.63) is 124 Å². The molecule has 47 heavy (non-hydrogen) atoms. The highest BCUT2D eigenvalue weighted by Crippen LogP contribution is 2.35. The molecule has 2 amide bonds. The van der Waals surface area contributed by atoms with Crippen LogP contribution in [0.25, 0.3) is 0 Å². The Labute approximate surface area is 289 Å². The van der Waals surface area contributed by atoms with Gasteiger partial charge in [0.1, 0.15) is 18.3 Å². The Morgan fingerprint density at radius 2 is 1.55 bits per heavy atom. The minimum atomic E-state index is -4.29. The smallest absolute Gasteiger partial charge is 0.264 e. The molecule has 1 aliphatic rings. The highest BCUT2D eigenvalue weighted by Gasteiger charge is 2.36. The number of carbonyl (C=O) groups excluding carboxylic acids is 2. The molecule has 1 fully saturated rings. The SMILES string of the molecule is COc1ccc(Cl)cc1N(CC(=O)N(Cc1ccc(Br)cc1)C(Cc1ccccc1)C(=O)NC1CCCC1)S(=O)(=O)c1ccccc1. The fourth-order valence-corrected chi connectivity index (χ4v) is 7.67. The van der Waals surface area contributed by atoms with Gasteiger partial charge in [0.15, 0.2) is 0 Å². The van der Waals surface area contributed by atoms with E-state index < -0.39 is 28.5 Å². The summed E-state index contributed by atoms with van der Waals surface area (Å²) in [4.78, 5) is 30.3. The monoisotopic (exact) mass is 737 g/mol. The number of ether oxygens (including phenoxy) is 1. The van der Waals surface area contributed by atoms with Gasteiger partial charge in [-0.25, -0.2) is 8.42 Å². The summed E-state index contributed by atoms with van der Waals surface area (Å²) in [6.07, 6.45) is 4.06. The van der Waals surface area contributed by atoms with E-state index in [9.17, 15) is 18.0 Å². The Kier molecular flexibility index (Phi) is 11.6. The van der Waals surface area contributed by atoms with Gasteiger partial charge in [-0.3, -0.25) is 13.9 Å². The summed E-state index contributed by atoms with van der Waals surface area (Å²) in [5, 5.41) is 3.46. The van der Waals surface area contributed by atoms with E-state index in [0.29, 0.717) is 0 Å². The molecule has 0 aliphatic heterocycles. The minimum Gasteiger partial charge on any atom is -0.495 e. The van der Waals surface area contributed by atoms with Crippen molar-refractivity contribution in [1.82, 2.24) is 10.2 Å². The Bertz CT molecular complexity index is 1770. The van der Waals surface area contributed by atoms with Gasteiger partial charge in [-0.2, -0.15) is 0 Å². The Morgan fingerprint density at radius 1 is 0.915 bits per heavy atom. The molecule has 0 spiro atoms. The number of hydrogen-bond acceptors (Lipinski definition) is 5. The van der Waals surface area contributed by atoms with E-state index in [1.165, 1.54) is 30.2 Å². The Hall–Kier alpha value is -3.86. The second-order valence-corrected chi connectivity index (χ2v) is 14.7. The number of methoxy groups -OCH3 is 1. The molecule has 5 rings (SSSR count). The molecule has 0 heterocycles. The van der Waals surface area contributed by atoms with E-state index in [1.807, 2.05) is 54.6 Å². The van der Waals surface area contributed by atoms with Crippen molar-refractivity contribution in [1.29, 1.82) is 0 Å². The van der Waals surface area contributed by atoms with Gasteiger partial charge in [-0.05, 0) is 66.4 Å². The summed E-state index contributed by atoms with van der Waals surface area (Å²) in [7, 11) is -2.87. The molecule has 1 aliphatic carbocycles. The second-order valence-electron chi connectivity index (χ2n) is 11.5. The van der Waals surface area contributed by atoms with Crippen molar-refractivity contribution < 1.29 is 22.7 Å². The summed E-state index contributed by atoms with van der Waals surface area (Å²) in [5.41, 5.74) is 1.76. The van der Waals surface area contributed by atoms with E-state index in [1.54, 1.807) is 30.3 Å². The lowest BCUT2D eigenvalue weighted by Gasteiger charge is -2.34. The van der Waals surface area contributed by atoms with Crippen molar-refractivity contribution >= 4 is 55.1 Å². The maximum absolute atomic E-state index is 14.7. The highest BCUT2D eigenvalue weighted by molar-refractivity contribution is 9.10. The number of amides is 2. The van der Waals surface area contributed by atoms with Crippen molar-refractivity contribution in [3.63, 3.8) is 0 Å². The number of hydrogen-bond donors (Lipinski definition) is 1. The quantitative estimate of drug-likeness (QED) is 0.159. The lowest BCUT2D eigenvalue weighted by molar-refractivity contribution is -0.140. The standard InChI is InChI=1S/C36H37BrClN3O5S/c1-46-34-21-20-29(38)23-32(34)41(47(44,45)31-14-6-3-7-15-31)25-35(42)40(24-27-16-18-28(37)19-17-27)33(22-26-10-4-2-5-11-26)36(43)39-30-12-8-9-13-30/h2-7,10-11,14-21,23,30,33H,8-9,12-13,22,24-25H2,1H3,(H,39,43). The van der Waals surface area contributed by atoms with E-state index in [4.69, 9.17) is 16.3 Å². The summed E-state index contributed by atoms with van der Waals surface area (Å²) in [5.74, 6) is -0.609. The normalized spacial score (nSPS) is 13.9. The van der Waals surface area contributed by atoms with Crippen LogP contribution >= 0.6 is 27.5 Å². The number of anilines is 1. The molecule has 0 aromatic heterocycles. The molecule has 11 heteroatoms. The van der Waals surface area contributed by atoms with Crippen LogP contribution in [0.15, 0.2) is 112 Å². The van der Waals surface area contributed by atoms with Gasteiger partial charge in [0.05, 0.1) is 17.7 Å². The number of carbonyl (C=O) groups is 2. The highest BCUT2D eigenvalue weighted by atomic mass is 79.9. The van der Waals surface area contributed by atoms with Gasteiger partial charge in [-0.15, -0.1) is 0 Å². The fraction of sp³-hybridized carbons (Fsp3) is 0.278. The first kappa shape index (κ1) is 34.5. The van der Waals surface area contributed by atoms with Gasteiger partial charge in [0.25, 0.3) is 10.0 Å². The minimum absolute atomic E-state index is 0.00546. The van der Waals surface area contributed by atoms with E-state index >= 15 is 0 Å². The molecule has 4 aromatic rings. The molecule has 0 saturated heterocycles. The molecule has 0 radical (unpaired) electrons.